The third kappa shape index (κ3) is 3.07. The Morgan fingerprint density at radius 2 is 1.69 bits per heavy atom. The number of nitrogens with zero attached hydrogens (tertiary/aromatic N) is 1. The monoisotopic (exact) mass is 354 g/mol. The molecular weight excluding hydrogens is 331 g/mol. The van der Waals surface area contributed by atoms with E-state index in [0.717, 1.165) is 18.4 Å². The van der Waals surface area contributed by atoms with Crippen LogP contribution in [0.2, 0.25) is 0 Å². The van der Waals surface area contributed by atoms with Crippen LogP contribution in [-0.4, -0.2) is 28.1 Å². The molecule has 0 aliphatic carbocycles. The van der Waals surface area contributed by atoms with E-state index in [1.165, 1.54) is 6.07 Å². The summed E-state index contributed by atoms with van der Waals surface area (Å²) in [7, 11) is 0. The number of aliphatic hydroxyl groups is 1. The molecule has 2 unspecified atom stereocenters. The lowest BCUT2D eigenvalue weighted by Gasteiger charge is -2.44. The first-order chi connectivity index (χ1) is 12.6. The molecule has 0 radical (unpaired) electrons. The fourth-order valence-corrected chi connectivity index (χ4v) is 4.48. The van der Waals surface area contributed by atoms with Crippen molar-refractivity contribution in [1.82, 2.24) is 10.2 Å². The van der Waals surface area contributed by atoms with Crippen molar-refractivity contribution in [2.75, 3.05) is 0 Å². The Labute approximate surface area is 152 Å². The van der Waals surface area contributed by atoms with E-state index in [1.807, 2.05) is 35.2 Å². The summed E-state index contributed by atoms with van der Waals surface area (Å²) in [5.74, 6) is -0.378. The van der Waals surface area contributed by atoms with Crippen LogP contribution in [0.1, 0.15) is 36.8 Å². The maximum Gasteiger partial charge on any atom is 0.318 e. The van der Waals surface area contributed by atoms with Gasteiger partial charge in [0.1, 0.15) is 5.82 Å². The molecule has 2 atom stereocenters. The van der Waals surface area contributed by atoms with E-state index in [0.29, 0.717) is 24.9 Å². The number of benzene rings is 2. The van der Waals surface area contributed by atoms with E-state index in [9.17, 15) is 14.3 Å². The molecule has 4 rings (SSSR count). The van der Waals surface area contributed by atoms with E-state index in [1.54, 1.807) is 18.2 Å². The number of hydrogen-bond donors (Lipinski definition) is 2. The average molecular weight is 354 g/mol. The van der Waals surface area contributed by atoms with Crippen molar-refractivity contribution in [2.24, 2.45) is 0 Å². The zero-order valence-electron chi connectivity index (χ0n) is 14.6. The number of carbonyl (C=O) groups excluding carboxylic acids is 1. The number of amides is 2. The first-order valence-corrected chi connectivity index (χ1v) is 9.14. The molecule has 2 fully saturated rings. The molecule has 4 nitrogen and oxygen atoms in total. The molecule has 5 heteroatoms. The molecule has 0 spiro atoms. The number of hydrogen-bond acceptors (Lipinski definition) is 2. The van der Waals surface area contributed by atoms with Crippen LogP contribution in [-0.2, 0) is 12.1 Å². The van der Waals surface area contributed by atoms with Gasteiger partial charge in [0.2, 0.25) is 0 Å². The van der Waals surface area contributed by atoms with Gasteiger partial charge in [0.15, 0.2) is 0 Å². The van der Waals surface area contributed by atoms with Crippen LogP contribution in [0.4, 0.5) is 9.18 Å². The van der Waals surface area contributed by atoms with Crippen LogP contribution in [0.3, 0.4) is 0 Å². The number of piperidine rings is 1. The number of fused-ring (bicyclic) bond motifs is 2. The van der Waals surface area contributed by atoms with Crippen LogP contribution < -0.4 is 5.32 Å². The fourth-order valence-electron chi connectivity index (χ4n) is 4.48. The number of carbonyl (C=O) groups is 1. The second-order valence-corrected chi connectivity index (χ2v) is 7.36. The van der Waals surface area contributed by atoms with E-state index in [-0.39, 0.29) is 23.9 Å². The van der Waals surface area contributed by atoms with E-state index in [4.69, 9.17) is 0 Å². The van der Waals surface area contributed by atoms with Gasteiger partial charge in [-0.2, -0.15) is 0 Å². The molecule has 0 saturated carbocycles. The summed E-state index contributed by atoms with van der Waals surface area (Å²) in [5.41, 5.74) is 0.197. The molecule has 2 heterocycles. The van der Waals surface area contributed by atoms with E-state index >= 15 is 0 Å². The van der Waals surface area contributed by atoms with Gasteiger partial charge in [0.25, 0.3) is 0 Å². The highest BCUT2D eigenvalue weighted by atomic mass is 19.1. The summed E-state index contributed by atoms with van der Waals surface area (Å²) in [6.45, 7) is 0.479. The van der Waals surface area contributed by atoms with Crippen molar-refractivity contribution < 1.29 is 14.3 Å². The Morgan fingerprint density at radius 3 is 2.35 bits per heavy atom. The molecule has 2 aromatic rings. The lowest BCUT2D eigenvalue weighted by atomic mass is 9.80. The Kier molecular flexibility index (Phi) is 4.41. The van der Waals surface area contributed by atoms with Crippen LogP contribution in [0, 0.1) is 5.82 Å². The zero-order chi connectivity index (χ0) is 18.1. The molecule has 26 heavy (non-hydrogen) atoms. The summed E-state index contributed by atoms with van der Waals surface area (Å²) >= 11 is 0. The topological polar surface area (TPSA) is 52.6 Å². The predicted molar refractivity (Wildman–Crippen MR) is 96.9 cm³/mol. The normalized spacial score (nSPS) is 27.4. The van der Waals surface area contributed by atoms with Gasteiger partial charge in [-0.1, -0.05) is 48.5 Å². The van der Waals surface area contributed by atoms with E-state index in [2.05, 4.69) is 5.32 Å². The highest BCUT2D eigenvalue weighted by molar-refractivity contribution is 5.75. The Hall–Kier alpha value is -2.40. The molecule has 2 N–H and O–H groups in total. The van der Waals surface area contributed by atoms with Gasteiger partial charge in [-0.05, 0) is 24.5 Å². The molecule has 0 aromatic heterocycles. The minimum absolute atomic E-state index is 0.0610. The predicted octanol–water partition coefficient (Wildman–Crippen LogP) is 3.55. The smallest absolute Gasteiger partial charge is 0.318 e. The second-order valence-electron chi connectivity index (χ2n) is 7.36. The van der Waals surface area contributed by atoms with E-state index < -0.39 is 5.60 Å². The molecule has 2 amide bonds. The summed E-state index contributed by atoms with van der Waals surface area (Å²) in [6.07, 6.45) is 2.45. The number of urea groups is 1. The van der Waals surface area contributed by atoms with Crippen molar-refractivity contribution >= 4 is 6.03 Å². The largest absolute Gasteiger partial charge is 0.385 e. The third-order valence-electron chi connectivity index (χ3n) is 5.66. The first-order valence-electron chi connectivity index (χ1n) is 9.14. The third-order valence-corrected chi connectivity index (χ3v) is 5.66. The Morgan fingerprint density at radius 1 is 1.08 bits per heavy atom. The molecule has 2 aliphatic heterocycles. The van der Waals surface area contributed by atoms with Crippen molar-refractivity contribution in [3.05, 3.63) is 71.5 Å². The quantitative estimate of drug-likeness (QED) is 0.886. The fraction of sp³-hybridized carbons (Fsp3) is 0.381. The van der Waals surface area contributed by atoms with Gasteiger partial charge in [-0.3, -0.25) is 0 Å². The molecular formula is C21H23FN2O2. The maximum atomic E-state index is 14.2. The Bertz CT molecular complexity index is 782. The second kappa shape index (κ2) is 6.72. The standard InChI is InChI=1S/C21H23FN2O2/c22-19-9-5-4-8-18(19)21(26)12-16-10-11-17(13-21)24(16)20(25)23-14-15-6-2-1-3-7-15/h1-9,16-17,26H,10-14H2,(H,23,25). The molecule has 2 aliphatic rings. The summed E-state index contributed by atoms with van der Waals surface area (Å²) in [6, 6.07) is 16.0. The zero-order valence-corrected chi connectivity index (χ0v) is 14.6. The van der Waals surface area contributed by atoms with Gasteiger partial charge in [-0.25, -0.2) is 9.18 Å². The van der Waals surface area contributed by atoms with Gasteiger partial charge >= 0.3 is 6.03 Å². The number of nitrogens with one attached hydrogen (secondary N) is 1. The van der Waals surface area contributed by atoms with Crippen LogP contribution in [0.25, 0.3) is 0 Å². The number of rotatable bonds is 3. The van der Waals surface area contributed by atoms with Crippen molar-refractivity contribution in [1.29, 1.82) is 0 Å². The highest BCUT2D eigenvalue weighted by Gasteiger charge is 2.50. The van der Waals surface area contributed by atoms with Crippen LogP contribution in [0.15, 0.2) is 54.6 Å². The van der Waals surface area contributed by atoms with Crippen molar-refractivity contribution in [3.8, 4) is 0 Å². The van der Waals surface area contributed by atoms with Crippen LogP contribution in [0.5, 0.6) is 0 Å². The summed E-state index contributed by atoms with van der Waals surface area (Å²) < 4.78 is 14.2. The lowest BCUT2D eigenvalue weighted by molar-refractivity contribution is -0.0460. The summed E-state index contributed by atoms with van der Waals surface area (Å²) in [4.78, 5) is 14.6. The van der Waals surface area contributed by atoms with Crippen molar-refractivity contribution in [2.45, 2.75) is 49.9 Å². The molecule has 2 aromatic carbocycles. The van der Waals surface area contributed by atoms with Gasteiger partial charge in [0.05, 0.1) is 5.60 Å². The minimum atomic E-state index is -1.20. The van der Waals surface area contributed by atoms with Crippen molar-refractivity contribution in [3.63, 3.8) is 0 Å². The summed E-state index contributed by atoms with van der Waals surface area (Å²) in [5, 5.41) is 14.1. The molecule has 2 saturated heterocycles. The molecule has 136 valence electrons. The minimum Gasteiger partial charge on any atom is -0.385 e. The SMILES string of the molecule is O=C(NCc1ccccc1)N1C2CCC1CC(O)(c1ccccc1F)C2. The highest BCUT2D eigenvalue weighted by Crippen LogP contribution is 2.46. The Balaban J connectivity index is 1.47. The first kappa shape index (κ1) is 17.0. The van der Waals surface area contributed by atoms with Gasteiger partial charge < -0.3 is 15.3 Å². The maximum absolute atomic E-state index is 14.2. The van der Waals surface area contributed by atoms with Gasteiger partial charge in [-0.15, -0.1) is 0 Å². The van der Waals surface area contributed by atoms with Gasteiger partial charge in [0, 0.05) is 37.0 Å². The average Bonchev–Trinajstić information content (AvgIpc) is 2.93. The number of halogens is 1. The molecule has 2 bridgehead atoms. The lowest BCUT2D eigenvalue weighted by Crippen LogP contribution is -2.54. The van der Waals surface area contributed by atoms with Crippen LogP contribution >= 0.6 is 0 Å².